The molecule has 0 fully saturated rings. The third-order valence-corrected chi connectivity index (χ3v) is 3.86. The quantitative estimate of drug-likeness (QED) is 0.248. The zero-order chi connectivity index (χ0) is 12.8. The van der Waals surface area contributed by atoms with Crippen molar-refractivity contribution in [1.82, 2.24) is 0 Å². The molecule has 0 saturated carbocycles. The second kappa shape index (κ2) is 7.59. The molecule has 0 atom stereocenters. The van der Waals surface area contributed by atoms with Crippen molar-refractivity contribution in [3.63, 3.8) is 0 Å². The van der Waals surface area contributed by atoms with Gasteiger partial charge in [-0.05, 0) is 6.42 Å². The number of allylic oxidation sites excluding steroid dienone is 4. The SMILES string of the molecule is C=c1ccc2c(c1C1=CC=CC1)[C-]=c1ccccc1=2.[Cl-].[Cl-].[Hf]. The van der Waals surface area contributed by atoms with Gasteiger partial charge in [0, 0.05) is 25.8 Å². The molecule has 0 aromatic heterocycles. The van der Waals surface area contributed by atoms with Crippen LogP contribution in [-0.2, 0) is 25.8 Å². The van der Waals surface area contributed by atoms with Crippen molar-refractivity contribution in [2.75, 3.05) is 0 Å². The van der Waals surface area contributed by atoms with E-state index in [9.17, 15) is 0 Å². The molecule has 22 heavy (non-hydrogen) atoms. The van der Waals surface area contributed by atoms with Gasteiger partial charge in [0.1, 0.15) is 0 Å². The zero-order valence-corrected chi connectivity index (χ0v) is 17.0. The Kier molecular flexibility index (Phi) is 6.61. The zero-order valence-electron chi connectivity index (χ0n) is 11.9. The minimum atomic E-state index is 0. The van der Waals surface area contributed by atoms with E-state index in [1.807, 2.05) is 0 Å². The summed E-state index contributed by atoms with van der Waals surface area (Å²) >= 11 is 0. The molecule has 0 radical (unpaired) electrons. The van der Waals surface area contributed by atoms with Crippen LogP contribution < -0.4 is 35.3 Å². The monoisotopic (exact) mass is 491 g/mol. The molecule has 0 nitrogen and oxygen atoms in total. The molecule has 110 valence electrons. The standard InChI is InChI=1S/C19H13.2ClH.Hf/c1-13-10-11-17-16-9-5-4-8-15(16)12-18(17)19(13)14-6-2-3-7-14;;;/h2-6,8-11H,1,7H2;2*1H;/q-1;;;/p-2. The van der Waals surface area contributed by atoms with E-state index in [0.717, 1.165) is 11.6 Å². The summed E-state index contributed by atoms with van der Waals surface area (Å²) in [5.74, 6) is 0. The average molecular weight is 491 g/mol. The Morgan fingerprint density at radius 1 is 0.955 bits per heavy atom. The van der Waals surface area contributed by atoms with Gasteiger partial charge in [0.05, 0.1) is 0 Å². The molecule has 0 bridgehead atoms. The van der Waals surface area contributed by atoms with E-state index >= 15 is 0 Å². The minimum absolute atomic E-state index is 0. The molecule has 4 rings (SSSR count). The topological polar surface area (TPSA) is 0 Å². The van der Waals surface area contributed by atoms with Crippen LogP contribution in [0, 0.1) is 10.4 Å². The summed E-state index contributed by atoms with van der Waals surface area (Å²) in [6, 6.07) is 12.7. The van der Waals surface area contributed by atoms with E-state index in [0.29, 0.717) is 0 Å². The Morgan fingerprint density at radius 3 is 2.45 bits per heavy atom. The van der Waals surface area contributed by atoms with E-state index in [2.05, 4.69) is 67.3 Å². The fourth-order valence-electron chi connectivity index (χ4n) is 2.96. The van der Waals surface area contributed by atoms with E-state index in [-0.39, 0.29) is 50.7 Å². The third-order valence-electron chi connectivity index (χ3n) is 3.86. The summed E-state index contributed by atoms with van der Waals surface area (Å²) in [5.41, 5.74) is 3.82. The minimum Gasteiger partial charge on any atom is -1.00 e. The number of hydrogen-bond donors (Lipinski definition) is 0. The molecule has 0 saturated heterocycles. The van der Waals surface area contributed by atoms with Crippen molar-refractivity contribution < 1.29 is 50.7 Å². The Morgan fingerprint density at radius 2 is 1.73 bits per heavy atom. The van der Waals surface area contributed by atoms with Crippen molar-refractivity contribution in [1.29, 1.82) is 0 Å². The van der Waals surface area contributed by atoms with Crippen LogP contribution in [0.3, 0.4) is 0 Å². The van der Waals surface area contributed by atoms with Crippen LogP contribution in [0.5, 0.6) is 0 Å². The van der Waals surface area contributed by atoms with Gasteiger partial charge in [-0.25, -0.2) is 0 Å². The molecule has 0 N–H and O–H groups in total. The molecule has 0 unspecified atom stereocenters. The van der Waals surface area contributed by atoms with Crippen LogP contribution in [0.2, 0.25) is 0 Å². The van der Waals surface area contributed by atoms with Gasteiger partial charge in [-0.15, -0.1) is 33.4 Å². The normalized spacial score (nSPS) is 12.8. The Bertz CT molecular complexity index is 956. The average Bonchev–Trinajstić information content (AvgIpc) is 3.05. The summed E-state index contributed by atoms with van der Waals surface area (Å²) in [5, 5.41) is 4.85. The first-order valence-corrected chi connectivity index (χ1v) is 6.56. The van der Waals surface area contributed by atoms with Gasteiger partial charge in [-0.3, -0.25) is 0 Å². The third kappa shape index (κ3) is 2.95. The number of halogens is 2. The van der Waals surface area contributed by atoms with Gasteiger partial charge in [-0.2, -0.15) is 0 Å². The first-order chi connectivity index (χ1) is 9.34. The van der Waals surface area contributed by atoms with Gasteiger partial charge in [0.2, 0.25) is 0 Å². The van der Waals surface area contributed by atoms with Gasteiger partial charge < -0.3 is 24.8 Å². The van der Waals surface area contributed by atoms with E-state index in [1.165, 1.54) is 32.4 Å². The first-order valence-electron chi connectivity index (χ1n) is 6.56. The van der Waals surface area contributed by atoms with E-state index in [4.69, 9.17) is 0 Å². The van der Waals surface area contributed by atoms with Crippen molar-refractivity contribution in [2.24, 2.45) is 0 Å². The maximum absolute atomic E-state index is 4.20. The van der Waals surface area contributed by atoms with Crippen molar-refractivity contribution >= 4 is 18.2 Å². The fourth-order valence-corrected chi connectivity index (χ4v) is 2.96. The fraction of sp³-hybridized carbons (Fsp3) is 0.0526. The van der Waals surface area contributed by atoms with Crippen molar-refractivity contribution in [3.05, 3.63) is 86.6 Å². The van der Waals surface area contributed by atoms with Crippen LogP contribution in [-0.4, -0.2) is 0 Å². The number of benzene rings is 2. The Balaban J connectivity index is 0.000000807. The smallest absolute Gasteiger partial charge is 0 e. The molecular weight excluding hydrogens is 478 g/mol. The summed E-state index contributed by atoms with van der Waals surface area (Å²) in [6.45, 7) is 4.20. The van der Waals surface area contributed by atoms with Crippen LogP contribution in [0.15, 0.2) is 54.6 Å². The van der Waals surface area contributed by atoms with Gasteiger partial charge >= 0.3 is 0 Å². The summed E-state index contributed by atoms with van der Waals surface area (Å²) in [6.07, 6.45) is 11.1. The largest absolute Gasteiger partial charge is 1.00 e. The number of fused-ring (bicyclic) bond motifs is 2. The molecule has 2 aromatic carbocycles. The van der Waals surface area contributed by atoms with Crippen LogP contribution in [0.1, 0.15) is 17.5 Å². The summed E-state index contributed by atoms with van der Waals surface area (Å²) in [4.78, 5) is 0. The summed E-state index contributed by atoms with van der Waals surface area (Å²) < 4.78 is 0. The first kappa shape index (κ1) is 19.2. The van der Waals surface area contributed by atoms with E-state index < -0.39 is 0 Å². The van der Waals surface area contributed by atoms with Crippen molar-refractivity contribution in [3.8, 4) is 0 Å². The molecular formula is C19H13Cl2Hf-3. The Labute approximate surface area is 161 Å². The van der Waals surface area contributed by atoms with Crippen LogP contribution in [0.25, 0.3) is 18.2 Å². The van der Waals surface area contributed by atoms with Crippen LogP contribution >= 0.6 is 0 Å². The van der Waals surface area contributed by atoms with Gasteiger partial charge in [-0.1, -0.05) is 71.5 Å². The van der Waals surface area contributed by atoms with Gasteiger partial charge in [0.15, 0.2) is 0 Å². The number of hydrogen-bond acceptors (Lipinski definition) is 0. The number of rotatable bonds is 1. The second-order valence-electron chi connectivity index (χ2n) is 5.02. The molecule has 3 heteroatoms. The van der Waals surface area contributed by atoms with E-state index in [1.54, 1.807) is 0 Å². The molecule has 2 aliphatic carbocycles. The maximum atomic E-state index is 4.20. The maximum Gasteiger partial charge on any atom is 0 e. The Hall–Kier alpha value is -0.890. The van der Waals surface area contributed by atoms with Gasteiger partial charge in [0.25, 0.3) is 0 Å². The predicted octanol–water partition coefficient (Wildman–Crippen LogP) is -3.25. The molecule has 0 heterocycles. The summed E-state index contributed by atoms with van der Waals surface area (Å²) in [7, 11) is 0. The van der Waals surface area contributed by atoms with Crippen LogP contribution in [0.4, 0.5) is 0 Å². The molecule has 0 amide bonds. The molecule has 2 aromatic rings. The molecule has 0 aliphatic heterocycles. The predicted molar refractivity (Wildman–Crippen MR) is 79.6 cm³/mol. The second-order valence-corrected chi connectivity index (χ2v) is 5.02. The van der Waals surface area contributed by atoms with Crippen molar-refractivity contribution in [2.45, 2.75) is 6.42 Å². The molecule has 2 aliphatic rings. The molecule has 0 spiro atoms.